The van der Waals surface area contributed by atoms with Crippen LogP contribution in [0.1, 0.15) is 72.8 Å². The van der Waals surface area contributed by atoms with E-state index in [-0.39, 0.29) is 23.7 Å². The van der Waals surface area contributed by atoms with Crippen LogP contribution in [-0.4, -0.2) is 38.5 Å². The van der Waals surface area contributed by atoms with Crippen molar-refractivity contribution in [3.8, 4) is 0 Å². The SMILES string of the molecule is CC(C)(C)OC(=O)N1C2C=C(c3cnn(C(C)(C)C)c3)CC1CCC2. The van der Waals surface area contributed by atoms with E-state index < -0.39 is 5.60 Å². The van der Waals surface area contributed by atoms with Crippen LogP contribution in [0, 0.1) is 0 Å². The molecule has 3 rings (SSSR count). The summed E-state index contributed by atoms with van der Waals surface area (Å²) in [6.45, 7) is 12.2. The summed E-state index contributed by atoms with van der Waals surface area (Å²) >= 11 is 0. The summed E-state index contributed by atoms with van der Waals surface area (Å²) in [7, 11) is 0. The molecule has 1 amide bonds. The van der Waals surface area contributed by atoms with Crippen molar-refractivity contribution < 1.29 is 9.53 Å². The third-order valence-electron chi connectivity index (χ3n) is 4.88. The van der Waals surface area contributed by atoms with E-state index >= 15 is 0 Å². The number of hydrogen-bond donors (Lipinski definition) is 0. The van der Waals surface area contributed by atoms with Gasteiger partial charge in [-0.1, -0.05) is 6.08 Å². The Labute approximate surface area is 151 Å². The molecule has 1 fully saturated rings. The van der Waals surface area contributed by atoms with Gasteiger partial charge in [0.2, 0.25) is 0 Å². The number of amides is 1. The molecule has 0 aromatic carbocycles. The highest BCUT2D eigenvalue weighted by Crippen LogP contribution is 2.38. The van der Waals surface area contributed by atoms with Gasteiger partial charge in [0.1, 0.15) is 5.60 Å². The van der Waals surface area contributed by atoms with Gasteiger partial charge in [0, 0.05) is 17.8 Å². The summed E-state index contributed by atoms with van der Waals surface area (Å²) < 4.78 is 7.66. The second kappa shape index (κ2) is 6.19. The van der Waals surface area contributed by atoms with E-state index in [1.54, 1.807) is 0 Å². The molecule has 25 heavy (non-hydrogen) atoms. The molecule has 5 nitrogen and oxygen atoms in total. The van der Waals surface area contributed by atoms with Gasteiger partial charge in [-0.05, 0) is 72.8 Å². The van der Waals surface area contributed by atoms with E-state index in [2.05, 4.69) is 38.1 Å². The molecule has 2 atom stereocenters. The topological polar surface area (TPSA) is 47.4 Å². The quantitative estimate of drug-likeness (QED) is 0.748. The van der Waals surface area contributed by atoms with Crippen LogP contribution in [0.3, 0.4) is 0 Å². The van der Waals surface area contributed by atoms with Gasteiger partial charge < -0.3 is 4.74 Å². The Morgan fingerprint density at radius 2 is 1.92 bits per heavy atom. The Hall–Kier alpha value is -1.78. The highest BCUT2D eigenvalue weighted by Gasteiger charge is 2.39. The average Bonchev–Trinajstić information content (AvgIpc) is 2.93. The van der Waals surface area contributed by atoms with Gasteiger partial charge in [-0.15, -0.1) is 0 Å². The lowest BCUT2D eigenvalue weighted by Crippen LogP contribution is -2.52. The first-order valence-electron chi connectivity index (χ1n) is 9.32. The second-order valence-electron chi connectivity index (χ2n) is 9.28. The van der Waals surface area contributed by atoms with Crippen LogP contribution >= 0.6 is 0 Å². The fourth-order valence-electron chi connectivity index (χ4n) is 3.70. The monoisotopic (exact) mass is 345 g/mol. The summed E-state index contributed by atoms with van der Waals surface area (Å²) in [4.78, 5) is 14.6. The van der Waals surface area contributed by atoms with Gasteiger partial charge >= 0.3 is 6.09 Å². The zero-order valence-electron chi connectivity index (χ0n) is 16.4. The molecule has 0 radical (unpaired) electrons. The Morgan fingerprint density at radius 1 is 1.20 bits per heavy atom. The highest BCUT2D eigenvalue weighted by molar-refractivity contribution is 5.74. The second-order valence-corrected chi connectivity index (χ2v) is 9.28. The van der Waals surface area contributed by atoms with E-state index in [9.17, 15) is 4.79 Å². The number of rotatable bonds is 1. The van der Waals surface area contributed by atoms with E-state index in [0.717, 1.165) is 19.3 Å². The van der Waals surface area contributed by atoms with Crippen molar-refractivity contribution in [2.24, 2.45) is 0 Å². The molecule has 0 spiro atoms. The summed E-state index contributed by atoms with van der Waals surface area (Å²) in [5, 5.41) is 4.53. The third-order valence-corrected chi connectivity index (χ3v) is 4.88. The summed E-state index contributed by atoms with van der Waals surface area (Å²) in [6.07, 6.45) is 10.3. The number of fused-ring (bicyclic) bond motifs is 2. The average molecular weight is 345 g/mol. The molecular weight excluding hydrogens is 314 g/mol. The zero-order chi connectivity index (χ0) is 18.4. The van der Waals surface area contributed by atoms with Crippen LogP contribution in [0.5, 0.6) is 0 Å². The number of carbonyl (C=O) groups excluding carboxylic acids is 1. The molecule has 138 valence electrons. The van der Waals surface area contributed by atoms with Crippen molar-refractivity contribution in [1.82, 2.24) is 14.7 Å². The zero-order valence-corrected chi connectivity index (χ0v) is 16.4. The van der Waals surface area contributed by atoms with E-state index in [0.29, 0.717) is 0 Å². The Balaban J connectivity index is 1.84. The molecule has 3 heterocycles. The number of piperidine rings is 1. The lowest BCUT2D eigenvalue weighted by atomic mass is 9.84. The molecule has 1 saturated heterocycles. The molecule has 2 bridgehead atoms. The number of aromatic nitrogens is 2. The minimum absolute atomic E-state index is 0.0219. The van der Waals surface area contributed by atoms with Crippen molar-refractivity contribution in [2.45, 2.75) is 90.4 Å². The smallest absolute Gasteiger partial charge is 0.411 e. The Kier molecular flexibility index (Phi) is 4.46. The van der Waals surface area contributed by atoms with Crippen molar-refractivity contribution in [3.63, 3.8) is 0 Å². The maximum absolute atomic E-state index is 12.7. The predicted octanol–water partition coefficient (Wildman–Crippen LogP) is 4.58. The summed E-state index contributed by atoms with van der Waals surface area (Å²) in [6, 6.07) is 0.363. The van der Waals surface area contributed by atoms with E-state index in [1.807, 2.05) is 36.5 Å². The van der Waals surface area contributed by atoms with Crippen LogP contribution in [0.25, 0.3) is 5.57 Å². The van der Waals surface area contributed by atoms with Crippen LogP contribution in [0.15, 0.2) is 18.5 Å². The van der Waals surface area contributed by atoms with Crippen molar-refractivity contribution >= 4 is 11.7 Å². The lowest BCUT2D eigenvalue weighted by Gasteiger charge is -2.45. The standard InChI is InChI=1S/C20H31N3O2/c1-19(2,3)22-13-15(12-21-22)14-10-16-8-7-9-17(11-14)23(16)18(24)25-20(4,5)6/h10,12-13,16-17H,7-9,11H2,1-6H3. The molecule has 1 aromatic heterocycles. The van der Waals surface area contributed by atoms with E-state index in [4.69, 9.17) is 4.74 Å². The van der Waals surface area contributed by atoms with Gasteiger partial charge in [-0.2, -0.15) is 5.10 Å². The van der Waals surface area contributed by atoms with Crippen LogP contribution < -0.4 is 0 Å². The van der Waals surface area contributed by atoms with Crippen molar-refractivity contribution in [3.05, 3.63) is 24.0 Å². The summed E-state index contributed by atoms with van der Waals surface area (Å²) in [5.74, 6) is 0. The molecule has 1 aromatic rings. The fraction of sp³-hybridized carbons (Fsp3) is 0.700. The van der Waals surface area contributed by atoms with Crippen LogP contribution in [-0.2, 0) is 10.3 Å². The van der Waals surface area contributed by atoms with Gasteiger partial charge in [0.25, 0.3) is 0 Å². The first-order chi connectivity index (χ1) is 11.5. The Morgan fingerprint density at radius 3 is 2.48 bits per heavy atom. The number of nitrogens with zero attached hydrogens (tertiary/aromatic N) is 3. The fourth-order valence-corrected chi connectivity index (χ4v) is 3.70. The molecule has 2 aliphatic heterocycles. The lowest BCUT2D eigenvalue weighted by molar-refractivity contribution is 0.0000861. The normalized spacial score (nSPS) is 24.1. The molecular formula is C20H31N3O2. The van der Waals surface area contributed by atoms with Gasteiger partial charge in [-0.25, -0.2) is 4.79 Å². The molecule has 0 saturated carbocycles. The molecule has 0 aliphatic carbocycles. The van der Waals surface area contributed by atoms with Crippen molar-refractivity contribution in [1.29, 1.82) is 0 Å². The molecule has 2 aliphatic rings. The van der Waals surface area contributed by atoms with Crippen LogP contribution in [0.2, 0.25) is 0 Å². The third kappa shape index (κ3) is 3.91. The number of carbonyl (C=O) groups is 1. The molecule has 5 heteroatoms. The van der Waals surface area contributed by atoms with E-state index in [1.165, 1.54) is 17.6 Å². The van der Waals surface area contributed by atoms with Crippen LogP contribution in [0.4, 0.5) is 4.79 Å². The van der Waals surface area contributed by atoms with Gasteiger partial charge in [-0.3, -0.25) is 9.58 Å². The first-order valence-corrected chi connectivity index (χ1v) is 9.32. The highest BCUT2D eigenvalue weighted by atomic mass is 16.6. The molecule has 0 N–H and O–H groups in total. The minimum Gasteiger partial charge on any atom is -0.444 e. The largest absolute Gasteiger partial charge is 0.444 e. The first kappa shape index (κ1) is 18.0. The predicted molar refractivity (Wildman–Crippen MR) is 99.3 cm³/mol. The van der Waals surface area contributed by atoms with Crippen molar-refractivity contribution in [2.75, 3.05) is 0 Å². The number of hydrogen-bond acceptors (Lipinski definition) is 3. The molecule has 2 unspecified atom stereocenters. The minimum atomic E-state index is -0.455. The summed E-state index contributed by atoms with van der Waals surface area (Å²) in [5.41, 5.74) is 2.01. The van der Waals surface area contributed by atoms with Gasteiger partial charge in [0.05, 0.1) is 17.8 Å². The number of ether oxygens (including phenoxy) is 1. The van der Waals surface area contributed by atoms with Gasteiger partial charge in [0.15, 0.2) is 0 Å². The maximum Gasteiger partial charge on any atom is 0.411 e. The maximum atomic E-state index is 12.7. The Bertz CT molecular complexity index is 676.